The third-order valence-electron chi connectivity index (χ3n) is 3.69. The van der Waals surface area contributed by atoms with E-state index in [1.54, 1.807) is 12.3 Å². The number of hydrogen-bond donors (Lipinski definition) is 1. The summed E-state index contributed by atoms with van der Waals surface area (Å²) in [5.41, 5.74) is 2.84. The van der Waals surface area contributed by atoms with E-state index >= 15 is 0 Å². The summed E-state index contributed by atoms with van der Waals surface area (Å²) in [5.74, 6) is 0. The molecule has 1 aromatic heterocycles. The van der Waals surface area contributed by atoms with E-state index < -0.39 is 4.92 Å². The molecule has 0 bridgehead atoms. The number of anilines is 1. The van der Waals surface area contributed by atoms with E-state index in [2.05, 4.69) is 16.4 Å². The van der Waals surface area contributed by atoms with E-state index in [9.17, 15) is 10.1 Å². The number of aromatic nitrogens is 1. The second-order valence-electron chi connectivity index (χ2n) is 5.06. The Morgan fingerprint density at radius 3 is 3.05 bits per heavy atom. The lowest BCUT2D eigenvalue weighted by atomic mass is 9.92. The van der Waals surface area contributed by atoms with Gasteiger partial charge in [-0.1, -0.05) is 17.7 Å². The fraction of sp³-hybridized carbons (Fsp3) is 0.267. The van der Waals surface area contributed by atoms with Crippen LogP contribution in [0.15, 0.2) is 36.5 Å². The molecule has 1 N–H and O–H groups in total. The minimum Gasteiger partial charge on any atom is -0.375 e. The first-order valence-corrected chi connectivity index (χ1v) is 7.17. The molecule has 6 heteroatoms. The summed E-state index contributed by atoms with van der Waals surface area (Å²) < 4.78 is 0. The predicted molar refractivity (Wildman–Crippen MR) is 81.6 cm³/mol. The van der Waals surface area contributed by atoms with Crippen molar-refractivity contribution in [3.05, 3.63) is 62.9 Å². The van der Waals surface area contributed by atoms with E-state index in [0.717, 1.165) is 25.0 Å². The number of nitro groups is 1. The Morgan fingerprint density at radius 2 is 2.24 bits per heavy atom. The van der Waals surface area contributed by atoms with Crippen LogP contribution in [0.3, 0.4) is 0 Å². The van der Waals surface area contributed by atoms with Crippen LogP contribution in [0.5, 0.6) is 0 Å². The summed E-state index contributed by atoms with van der Waals surface area (Å²) in [7, 11) is 0. The second-order valence-corrected chi connectivity index (χ2v) is 5.47. The number of nitro benzene ring substituents is 1. The van der Waals surface area contributed by atoms with E-state index in [-0.39, 0.29) is 11.7 Å². The van der Waals surface area contributed by atoms with Gasteiger partial charge < -0.3 is 5.32 Å². The monoisotopic (exact) mass is 303 g/mol. The van der Waals surface area contributed by atoms with Crippen molar-refractivity contribution in [1.82, 2.24) is 4.98 Å². The molecule has 108 valence electrons. The topological polar surface area (TPSA) is 68.1 Å². The molecule has 1 aliphatic rings. The summed E-state index contributed by atoms with van der Waals surface area (Å²) in [6.07, 6.45) is 4.78. The number of nitrogens with one attached hydrogen (secondary N) is 1. The minimum atomic E-state index is -0.422. The van der Waals surface area contributed by atoms with E-state index in [4.69, 9.17) is 11.6 Å². The van der Waals surface area contributed by atoms with Gasteiger partial charge in [0, 0.05) is 18.3 Å². The number of rotatable bonds is 3. The Kier molecular flexibility index (Phi) is 3.75. The van der Waals surface area contributed by atoms with Crippen LogP contribution in [0.2, 0.25) is 5.02 Å². The number of benzene rings is 1. The van der Waals surface area contributed by atoms with E-state index in [1.807, 2.05) is 6.07 Å². The van der Waals surface area contributed by atoms with Gasteiger partial charge in [0.15, 0.2) is 0 Å². The molecular weight excluding hydrogens is 290 g/mol. The second kappa shape index (κ2) is 5.69. The maximum absolute atomic E-state index is 10.9. The van der Waals surface area contributed by atoms with Gasteiger partial charge in [-0.15, -0.1) is 0 Å². The third-order valence-corrected chi connectivity index (χ3v) is 4.02. The number of halogens is 1. The first kappa shape index (κ1) is 13.8. The smallest absolute Gasteiger partial charge is 0.271 e. The lowest BCUT2D eigenvalue weighted by molar-refractivity contribution is -0.384. The molecule has 0 saturated heterocycles. The Morgan fingerprint density at radius 1 is 1.38 bits per heavy atom. The van der Waals surface area contributed by atoms with Crippen molar-refractivity contribution in [1.29, 1.82) is 0 Å². The zero-order valence-corrected chi connectivity index (χ0v) is 12.0. The van der Waals surface area contributed by atoms with Crippen molar-refractivity contribution in [2.24, 2.45) is 0 Å². The van der Waals surface area contributed by atoms with Crippen molar-refractivity contribution in [2.75, 3.05) is 5.32 Å². The summed E-state index contributed by atoms with van der Waals surface area (Å²) in [4.78, 5) is 14.9. The number of nitrogens with zero attached hydrogens (tertiary/aromatic N) is 2. The maximum atomic E-state index is 10.9. The van der Waals surface area contributed by atoms with Gasteiger partial charge in [0.25, 0.3) is 5.69 Å². The maximum Gasteiger partial charge on any atom is 0.271 e. The Balaban J connectivity index is 1.91. The molecular formula is C15H14ClN3O2. The number of pyridine rings is 1. The lowest BCUT2D eigenvalue weighted by Crippen LogP contribution is -2.19. The predicted octanol–water partition coefficient (Wildman–Crippen LogP) is 4.13. The highest BCUT2D eigenvalue weighted by Crippen LogP contribution is 2.34. The lowest BCUT2D eigenvalue weighted by Gasteiger charge is -2.26. The van der Waals surface area contributed by atoms with Crippen LogP contribution < -0.4 is 5.32 Å². The fourth-order valence-corrected chi connectivity index (χ4v) is 2.85. The Bertz CT molecular complexity index is 690. The molecule has 2 aromatic rings. The highest BCUT2D eigenvalue weighted by atomic mass is 35.5. The van der Waals surface area contributed by atoms with Crippen LogP contribution in [0.4, 0.5) is 11.4 Å². The van der Waals surface area contributed by atoms with E-state index in [0.29, 0.717) is 10.7 Å². The molecule has 3 rings (SSSR count). The molecule has 5 nitrogen and oxygen atoms in total. The number of aryl methyl sites for hydroxylation is 1. The molecule has 0 fully saturated rings. The molecule has 0 aliphatic heterocycles. The normalized spacial score (nSPS) is 17.1. The molecule has 1 aromatic carbocycles. The average molecular weight is 304 g/mol. The largest absolute Gasteiger partial charge is 0.375 e. The van der Waals surface area contributed by atoms with Crippen LogP contribution >= 0.6 is 11.6 Å². The van der Waals surface area contributed by atoms with Gasteiger partial charge in [-0.2, -0.15) is 0 Å². The summed E-state index contributed by atoms with van der Waals surface area (Å²) in [5, 5.41) is 14.7. The Hall–Kier alpha value is -2.14. The molecule has 0 saturated carbocycles. The molecule has 1 atom stereocenters. The van der Waals surface area contributed by atoms with Crippen molar-refractivity contribution in [3.63, 3.8) is 0 Å². The molecule has 1 unspecified atom stereocenters. The van der Waals surface area contributed by atoms with Crippen LogP contribution in [-0.4, -0.2) is 9.91 Å². The minimum absolute atomic E-state index is 0.0268. The van der Waals surface area contributed by atoms with Crippen LogP contribution in [0.25, 0.3) is 0 Å². The Labute approximate surface area is 127 Å². The van der Waals surface area contributed by atoms with Gasteiger partial charge in [-0.3, -0.25) is 15.1 Å². The standard InChI is InChI=1S/C15H14ClN3O2/c16-12-7-6-11(19(20)21)9-14(12)18-13-5-1-3-10-4-2-8-17-15(10)13/h2,4,6-9,13,18H,1,3,5H2. The zero-order valence-electron chi connectivity index (χ0n) is 11.3. The molecule has 0 radical (unpaired) electrons. The first-order chi connectivity index (χ1) is 10.1. The highest BCUT2D eigenvalue weighted by Gasteiger charge is 2.22. The highest BCUT2D eigenvalue weighted by molar-refractivity contribution is 6.33. The number of fused-ring (bicyclic) bond motifs is 1. The number of hydrogen-bond acceptors (Lipinski definition) is 4. The summed E-state index contributed by atoms with van der Waals surface area (Å²) >= 11 is 6.14. The zero-order chi connectivity index (χ0) is 14.8. The summed E-state index contributed by atoms with van der Waals surface area (Å²) in [6, 6.07) is 8.46. The van der Waals surface area contributed by atoms with Crippen molar-refractivity contribution < 1.29 is 4.92 Å². The van der Waals surface area contributed by atoms with Gasteiger partial charge in [-0.25, -0.2) is 0 Å². The first-order valence-electron chi connectivity index (χ1n) is 6.79. The van der Waals surface area contributed by atoms with Crippen molar-refractivity contribution in [2.45, 2.75) is 25.3 Å². The summed E-state index contributed by atoms with van der Waals surface area (Å²) in [6.45, 7) is 0. The van der Waals surface area contributed by atoms with Gasteiger partial charge >= 0.3 is 0 Å². The van der Waals surface area contributed by atoms with Gasteiger partial charge in [-0.05, 0) is 37.0 Å². The van der Waals surface area contributed by atoms with Crippen LogP contribution in [-0.2, 0) is 6.42 Å². The molecule has 0 spiro atoms. The molecule has 1 heterocycles. The fourth-order valence-electron chi connectivity index (χ4n) is 2.68. The van der Waals surface area contributed by atoms with Gasteiger partial charge in [0.1, 0.15) is 0 Å². The quantitative estimate of drug-likeness (QED) is 0.683. The molecule has 1 aliphatic carbocycles. The average Bonchev–Trinajstić information content (AvgIpc) is 2.49. The van der Waals surface area contributed by atoms with Gasteiger partial charge in [0.2, 0.25) is 0 Å². The van der Waals surface area contributed by atoms with Crippen molar-refractivity contribution in [3.8, 4) is 0 Å². The number of non-ortho nitro benzene ring substituents is 1. The third kappa shape index (κ3) is 2.83. The van der Waals surface area contributed by atoms with Gasteiger partial charge in [0.05, 0.1) is 27.4 Å². The molecule has 0 amide bonds. The van der Waals surface area contributed by atoms with Crippen LogP contribution in [0.1, 0.15) is 30.1 Å². The van der Waals surface area contributed by atoms with E-state index in [1.165, 1.54) is 17.7 Å². The SMILES string of the molecule is O=[N+]([O-])c1ccc(Cl)c(NC2CCCc3cccnc32)c1. The van der Waals surface area contributed by atoms with Crippen LogP contribution in [0, 0.1) is 10.1 Å². The molecule has 21 heavy (non-hydrogen) atoms. The van der Waals surface area contributed by atoms with Crippen molar-refractivity contribution >= 4 is 23.0 Å².